The number of alkyl halides is 2. The molecule has 1 amide bonds. The Kier molecular flexibility index (Phi) is 8.06. The minimum Gasteiger partial charge on any atom is -0.494 e. The summed E-state index contributed by atoms with van der Waals surface area (Å²) in [6.45, 7) is 5.00. The van der Waals surface area contributed by atoms with Gasteiger partial charge in [0, 0.05) is 17.1 Å². The lowest BCUT2D eigenvalue weighted by molar-refractivity contribution is -0.120. The van der Waals surface area contributed by atoms with E-state index in [0.717, 1.165) is 11.3 Å². The second-order valence-corrected chi connectivity index (χ2v) is 7.12. The third kappa shape index (κ3) is 6.84. The molecule has 0 aliphatic heterocycles. The number of nitrogens with zero attached hydrogens (tertiary/aromatic N) is 1. The standard InChI is InChI=1S/C20H24F2N2O2S/c1-4-26-17-9-5-15(6-10-17)13-24(3)14(2)19(25)23-16-7-11-18(12-8-16)27-20(21)22/h5-12,14,20H,4,13H2,1-3H3,(H,23,25)/t14-/m0/s1. The first-order valence-corrected chi connectivity index (χ1v) is 9.54. The molecule has 2 aromatic rings. The third-order valence-corrected chi connectivity index (χ3v) is 4.78. The predicted molar refractivity (Wildman–Crippen MR) is 105 cm³/mol. The van der Waals surface area contributed by atoms with Crippen LogP contribution in [0.4, 0.5) is 14.5 Å². The maximum absolute atomic E-state index is 12.4. The van der Waals surface area contributed by atoms with Crippen LogP contribution >= 0.6 is 11.8 Å². The minimum atomic E-state index is -2.46. The molecule has 146 valence electrons. The Morgan fingerprint density at radius 1 is 1.15 bits per heavy atom. The van der Waals surface area contributed by atoms with E-state index in [1.54, 1.807) is 24.3 Å². The van der Waals surface area contributed by atoms with Gasteiger partial charge in [-0.3, -0.25) is 9.69 Å². The van der Waals surface area contributed by atoms with Gasteiger partial charge in [0.15, 0.2) is 0 Å². The van der Waals surface area contributed by atoms with Gasteiger partial charge in [-0.05, 0) is 62.9 Å². The van der Waals surface area contributed by atoms with E-state index in [9.17, 15) is 13.6 Å². The van der Waals surface area contributed by atoms with Gasteiger partial charge in [0.25, 0.3) is 5.76 Å². The van der Waals surface area contributed by atoms with E-state index in [1.165, 1.54) is 0 Å². The van der Waals surface area contributed by atoms with Gasteiger partial charge in [0.2, 0.25) is 5.91 Å². The molecule has 0 aliphatic carbocycles. The summed E-state index contributed by atoms with van der Waals surface area (Å²) in [5.41, 5.74) is 1.66. The Morgan fingerprint density at radius 2 is 1.78 bits per heavy atom. The number of carbonyl (C=O) groups excluding carboxylic acids is 1. The molecule has 0 saturated carbocycles. The van der Waals surface area contributed by atoms with E-state index in [1.807, 2.05) is 50.1 Å². The van der Waals surface area contributed by atoms with E-state index < -0.39 is 5.76 Å². The van der Waals surface area contributed by atoms with Crippen LogP contribution in [-0.2, 0) is 11.3 Å². The second-order valence-electron chi connectivity index (χ2n) is 6.06. The lowest BCUT2D eigenvalue weighted by atomic mass is 10.1. The Bertz CT molecular complexity index is 724. The number of halogens is 2. The Labute approximate surface area is 162 Å². The van der Waals surface area contributed by atoms with Gasteiger partial charge in [-0.1, -0.05) is 23.9 Å². The van der Waals surface area contributed by atoms with E-state index in [2.05, 4.69) is 5.32 Å². The number of thioether (sulfide) groups is 1. The molecule has 7 heteroatoms. The summed E-state index contributed by atoms with van der Waals surface area (Å²) < 4.78 is 30.1. The molecule has 0 bridgehead atoms. The van der Waals surface area contributed by atoms with Crippen LogP contribution in [0, 0.1) is 0 Å². The van der Waals surface area contributed by atoms with Gasteiger partial charge in [-0.15, -0.1) is 0 Å². The summed E-state index contributed by atoms with van der Waals surface area (Å²) in [6, 6.07) is 13.8. The number of likely N-dealkylation sites (N-methyl/N-ethyl adjacent to an activating group) is 1. The third-order valence-electron chi connectivity index (χ3n) is 4.05. The quantitative estimate of drug-likeness (QED) is 0.617. The molecule has 0 saturated heterocycles. The summed E-state index contributed by atoms with van der Waals surface area (Å²) in [5.74, 6) is -1.79. The molecule has 0 unspecified atom stereocenters. The van der Waals surface area contributed by atoms with Crippen LogP contribution in [0.3, 0.4) is 0 Å². The highest BCUT2D eigenvalue weighted by Crippen LogP contribution is 2.26. The summed E-state index contributed by atoms with van der Waals surface area (Å²) >= 11 is 0.479. The highest BCUT2D eigenvalue weighted by Gasteiger charge is 2.18. The first-order chi connectivity index (χ1) is 12.9. The van der Waals surface area contributed by atoms with Gasteiger partial charge in [-0.2, -0.15) is 8.78 Å². The van der Waals surface area contributed by atoms with Crippen molar-refractivity contribution >= 4 is 23.4 Å². The van der Waals surface area contributed by atoms with Crippen LogP contribution in [-0.4, -0.2) is 36.3 Å². The van der Waals surface area contributed by atoms with Crippen LogP contribution in [0.5, 0.6) is 5.75 Å². The normalized spacial score (nSPS) is 12.3. The molecule has 0 radical (unpaired) electrons. The Hall–Kier alpha value is -2.12. The molecule has 0 heterocycles. The van der Waals surface area contributed by atoms with Crippen LogP contribution in [0.15, 0.2) is 53.4 Å². The molecule has 0 spiro atoms. The van der Waals surface area contributed by atoms with E-state index in [-0.39, 0.29) is 11.9 Å². The predicted octanol–water partition coefficient (Wildman–Crippen LogP) is 4.86. The number of anilines is 1. The van der Waals surface area contributed by atoms with E-state index >= 15 is 0 Å². The number of benzene rings is 2. The number of amides is 1. The maximum atomic E-state index is 12.4. The van der Waals surface area contributed by atoms with Crippen LogP contribution in [0.2, 0.25) is 0 Å². The molecule has 0 aromatic heterocycles. The molecule has 0 fully saturated rings. The smallest absolute Gasteiger partial charge is 0.288 e. The van der Waals surface area contributed by atoms with Gasteiger partial charge >= 0.3 is 0 Å². The lowest BCUT2D eigenvalue weighted by Gasteiger charge is -2.24. The van der Waals surface area contributed by atoms with Crippen molar-refractivity contribution in [1.82, 2.24) is 4.90 Å². The average molecular weight is 394 g/mol. The summed E-state index contributed by atoms with van der Waals surface area (Å²) in [5, 5.41) is 2.82. The van der Waals surface area contributed by atoms with Crippen molar-refractivity contribution < 1.29 is 18.3 Å². The van der Waals surface area contributed by atoms with Gasteiger partial charge in [0.1, 0.15) is 5.75 Å². The number of carbonyl (C=O) groups is 1. The zero-order valence-electron chi connectivity index (χ0n) is 15.6. The van der Waals surface area contributed by atoms with E-state index in [4.69, 9.17) is 4.74 Å². The fraction of sp³-hybridized carbons (Fsp3) is 0.350. The number of hydrogen-bond acceptors (Lipinski definition) is 4. The van der Waals surface area contributed by atoms with Crippen molar-refractivity contribution in [2.75, 3.05) is 19.0 Å². The lowest BCUT2D eigenvalue weighted by Crippen LogP contribution is -2.39. The molecule has 1 N–H and O–H groups in total. The first kappa shape index (κ1) is 21.2. The highest BCUT2D eigenvalue weighted by molar-refractivity contribution is 7.99. The molecule has 1 atom stereocenters. The molecule has 4 nitrogen and oxygen atoms in total. The SMILES string of the molecule is CCOc1ccc(CN(C)[C@@H](C)C(=O)Nc2ccc(SC(F)F)cc2)cc1. The summed E-state index contributed by atoms with van der Waals surface area (Å²) in [7, 11) is 1.88. The summed E-state index contributed by atoms with van der Waals surface area (Å²) in [4.78, 5) is 14.8. The molecule has 2 aromatic carbocycles. The fourth-order valence-corrected chi connectivity index (χ4v) is 2.95. The Morgan fingerprint density at radius 3 is 2.33 bits per heavy atom. The van der Waals surface area contributed by atoms with Crippen molar-refractivity contribution in [2.24, 2.45) is 0 Å². The van der Waals surface area contributed by atoms with Crippen molar-refractivity contribution in [3.05, 3.63) is 54.1 Å². The van der Waals surface area contributed by atoms with Crippen LogP contribution < -0.4 is 10.1 Å². The van der Waals surface area contributed by atoms with Crippen molar-refractivity contribution in [3.63, 3.8) is 0 Å². The van der Waals surface area contributed by atoms with Crippen molar-refractivity contribution in [3.8, 4) is 5.75 Å². The van der Waals surface area contributed by atoms with E-state index in [0.29, 0.717) is 35.5 Å². The second kappa shape index (κ2) is 10.3. The molecule has 2 rings (SSSR count). The summed E-state index contributed by atoms with van der Waals surface area (Å²) in [6.07, 6.45) is 0. The molecule has 0 aliphatic rings. The number of nitrogens with one attached hydrogen (secondary N) is 1. The highest BCUT2D eigenvalue weighted by atomic mass is 32.2. The van der Waals surface area contributed by atoms with Gasteiger partial charge < -0.3 is 10.1 Å². The molecular weight excluding hydrogens is 370 g/mol. The number of ether oxygens (including phenoxy) is 1. The van der Waals surface area contributed by atoms with Crippen molar-refractivity contribution in [2.45, 2.75) is 37.1 Å². The van der Waals surface area contributed by atoms with Crippen molar-refractivity contribution in [1.29, 1.82) is 0 Å². The topological polar surface area (TPSA) is 41.6 Å². The zero-order chi connectivity index (χ0) is 19.8. The minimum absolute atomic E-state index is 0.155. The first-order valence-electron chi connectivity index (χ1n) is 8.66. The largest absolute Gasteiger partial charge is 0.494 e. The van der Waals surface area contributed by atoms with Gasteiger partial charge in [0.05, 0.1) is 12.6 Å². The maximum Gasteiger partial charge on any atom is 0.288 e. The average Bonchev–Trinajstić information content (AvgIpc) is 2.64. The zero-order valence-corrected chi connectivity index (χ0v) is 16.4. The van der Waals surface area contributed by atoms with Crippen LogP contribution in [0.1, 0.15) is 19.4 Å². The number of rotatable bonds is 9. The molecular formula is C20H24F2N2O2S. The number of hydrogen-bond donors (Lipinski definition) is 1. The Balaban J connectivity index is 1.89. The van der Waals surface area contributed by atoms with Gasteiger partial charge in [-0.25, -0.2) is 0 Å². The fourth-order valence-electron chi connectivity index (χ4n) is 2.45. The van der Waals surface area contributed by atoms with Crippen LogP contribution in [0.25, 0.3) is 0 Å². The molecule has 27 heavy (non-hydrogen) atoms. The monoisotopic (exact) mass is 394 g/mol.